The quantitative estimate of drug-likeness (QED) is 0.584. The Morgan fingerprint density at radius 1 is 1.17 bits per heavy atom. The molecule has 1 saturated heterocycles. The Morgan fingerprint density at radius 2 is 2.03 bits per heavy atom. The van der Waals surface area contributed by atoms with Gasteiger partial charge in [0.05, 0.1) is 5.56 Å². The van der Waals surface area contributed by atoms with Crippen LogP contribution in [0.3, 0.4) is 0 Å². The van der Waals surface area contributed by atoms with Crippen LogP contribution in [0.1, 0.15) is 28.1 Å². The number of nitrogens with zero attached hydrogens (tertiary/aromatic N) is 4. The highest BCUT2D eigenvalue weighted by Gasteiger charge is 2.25. The summed E-state index contributed by atoms with van der Waals surface area (Å²) >= 11 is 2.98. The third-order valence-electron chi connectivity index (χ3n) is 5.03. The number of thiophene rings is 1. The van der Waals surface area contributed by atoms with E-state index in [1.807, 2.05) is 12.1 Å². The van der Waals surface area contributed by atoms with Gasteiger partial charge in [0.1, 0.15) is 11.3 Å². The largest absolute Gasteiger partial charge is 0.357 e. The molecule has 2 N–H and O–H groups in total. The molecule has 0 aliphatic carbocycles. The van der Waals surface area contributed by atoms with Crippen molar-refractivity contribution in [3.8, 4) is 0 Å². The molecule has 3 aromatic rings. The molecule has 0 spiro atoms. The zero-order chi connectivity index (χ0) is 20.8. The average molecular weight is 443 g/mol. The Hall–Kier alpha value is -2.85. The molecule has 1 aliphatic heterocycles. The Labute approximate surface area is 182 Å². The summed E-state index contributed by atoms with van der Waals surface area (Å²) in [6.07, 6.45) is 4.04. The van der Waals surface area contributed by atoms with Crippen LogP contribution in [-0.4, -0.2) is 46.6 Å². The van der Waals surface area contributed by atoms with Gasteiger partial charge in [-0.1, -0.05) is 17.4 Å². The fourth-order valence-corrected chi connectivity index (χ4v) is 4.53. The molecular weight excluding hydrogens is 420 g/mol. The number of carbonyl (C=O) groups is 2. The molecule has 30 heavy (non-hydrogen) atoms. The van der Waals surface area contributed by atoms with Crippen LogP contribution in [0.2, 0.25) is 0 Å². The summed E-state index contributed by atoms with van der Waals surface area (Å²) in [7, 11) is 0. The summed E-state index contributed by atoms with van der Waals surface area (Å²) in [5, 5.41) is 15.8. The molecule has 0 atom stereocenters. The Balaban J connectivity index is 1.23. The number of hydrogen-bond donors (Lipinski definition) is 2. The normalized spacial score (nSPS) is 14.5. The molecule has 0 radical (unpaired) electrons. The van der Waals surface area contributed by atoms with E-state index in [9.17, 15) is 9.59 Å². The van der Waals surface area contributed by atoms with Gasteiger partial charge in [0, 0.05) is 36.6 Å². The predicted molar refractivity (Wildman–Crippen MR) is 118 cm³/mol. The van der Waals surface area contributed by atoms with Crippen LogP contribution in [0.25, 0.3) is 0 Å². The summed E-state index contributed by atoms with van der Waals surface area (Å²) in [6, 6.07) is 7.72. The molecule has 1 aliphatic rings. The summed E-state index contributed by atoms with van der Waals surface area (Å²) in [6.45, 7) is 2.22. The van der Waals surface area contributed by atoms with E-state index in [1.54, 1.807) is 29.1 Å². The number of anilines is 2. The first-order chi connectivity index (χ1) is 14.7. The van der Waals surface area contributed by atoms with Gasteiger partial charge in [-0.05, 0) is 42.8 Å². The summed E-state index contributed by atoms with van der Waals surface area (Å²) in [5.41, 5.74) is 2.03. The van der Waals surface area contributed by atoms with Gasteiger partial charge in [-0.2, -0.15) is 0 Å². The van der Waals surface area contributed by atoms with E-state index in [0.29, 0.717) is 17.2 Å². The van der Waals surface area contributed by atoms with Gasteiger partial charge in [-0.15, -0.1) is 21.5 Å². The van der Waals surface area contributed by atoms with Crippen molar-refractivity contribution in [1.82, 2.24) is 20.5 Å². The first-order valence-corrected chi connectivity index (χ1v) is 11.5. The second-order valence-electron chi connectivity index (χ2n) is 6.98. The van der Waals surface area contributed by atoms with Gasteiger partial charge in [-0.25, -0.2) is 4.98 Å². The van der Waals surface area contributed by atoms with Gasteiger partial charge >= 0.3 is 0 Å². The molecular formula is C20H22N6O2S2. The number of aromatic nitrogens is 3. The minimum atomic E-state index is -0.260. The van der Waals surface area contributed by atoms with Crippen LogP contribution >= 0.6 is 22.7 Å². The minimum Gasteiger partial charge on any atom is -0.357 e. The third-order valence-corrected chi connectivity index (χ3v) is 6.57. The number of nitrogens with one attached hydrogen (secondary N) is 2. The molecule has 2 amide bonds. The number of hydrogen-bond acceptors (Lipinski definition) is 8. The van der Waals surface area contributed by atoms with Crippen molar-refractivity contribution in [2.45, 2.75) is 19.3 Å². The summed E-state index contributed by atoms with van der Waals surface area (Å²) in [5.74, 6) is 0.743. The third kappa shape index (κ3) is 5.19. The Bertz CT molecular complexity index is 952. The van der Waals surface area contributed by atoms with E-state index >= 15 is 0 Å². The van der Waals surface area contributed by atoms with E-state index in [-0.39, 0.29) is 17.7 Å². The van der Waals surface area contributed by atoms with Crippen molar-refractivity contribution in [2.24, 2.45) is 5.92 Å². The summed E-state index contributed by atoms with van der Waals surface area (Å²) < 4.78 is 0. The van der Waals surface area contributed by atoms with E-state index < -0.39 is 0 Å². The van der Waals surface area contributed by atoms with Crippen molar-refractivity contribution in [3.05, 3.63) is 51.8 Å². The topological polar surface area (TPSA) is 100 Å². The lowest BCUT2D eigenvalue weighted by Gasteiger charge is -2.32. The highest BCUT2D eigenvalue weighted by Crippen LogP contribution is 2.22. The first kappa shape index (κ1) is 20.4. The van der Waals surface area contributed by atoms with Crippen LogP contribution < -0.4 is 15.5 Å². The highest BCUT2D eigenvalue weighted by atomic mass is 32.1. The predicted octanol–water partition coefficient (Wildman–Crippen LogP) is 2.82. The Kier molecular flexibility index (Phi) is 6.65. The van der Waals surface area contributed by atoms with Crippen LogP contribution in [0, 0.1) is 5.92 Å². The minimum absolute atomic E-state index is 0.0431. The first-order valence-electron chi connectivity index (χ1n) is 9.77. The fourth-order valence-electron chi connectivity index (χ4n) is 3.38. The molecule has 0 aromatic carbocycles. The monoisotopic (exact) mass is 442 g/mol. The SMILES string of the molecule is O=C(Nc1nncs1)c1ccc(N2CCC(C(=O)NCCc3cccs3)CC2)nc1. The molecule has 0 saturated carbocycles. The van der Waals surface area contributed by atoms with Gasteiger partial charge in [0.25, 0.3) is 5.91 Å². The maximum absolute atomic E-state index is 12.4. The van der Waals surface area contributed by atoms with Crippen LogP contribution in [0.15, 0.2) is 41.4 Å². The van der Waals surface area contributed by atoms with Crippen LogP contribution in [0.4, 0.5) is 10.9 Å². The maximum atomic E-state index is 12.4. The standard InChI is InChI=1S/C20H22N6O2S2/c27-18(21-8-5-16-2-1-11-29-16)14-6-9-26(10-7-14)17-4-3-15(12-22-17)19(28)24-20-25-23-13-30-20/h1-4,11-14H,5-10H2,(H,21,27)(H,24,25,28). The molecule has 3 aromatic heterocycles. The zero-order valence-corrected chi connectivity index (χ0v) is 17.9. The van der Waals surface area contributed by atoms with E-state index in [0.717, 1.165) is 38.2 Å². The van der Waals surface area contributed by atoms with Gasteiger partial charge < -0.3 is 10.2 Å². The van der Waals surface area contributed by atoms with Crippen molar-refractivity contribution >= 4 is 45.4 Å². The van der Waals surface area contributed by atoms with Crippen molar-refractivity contribution in [2.75, 3.05) is 29.9 Å². The average Bonchev–Trinajstić information content (AvgIpc) is 3.48. The van der Waals surface area contributed by atoms with Crippen molar-refractivity contribution in [3.63, 3.8) is 0 Å². The number of rotatable bonds is 7. The highest BCUT2D eigenvalue weighted by molar-refractivity contribution is 7.13. The van der Waals surface area contributed by atoms with E-state index in [2.05, 4.69) is 42.2 Å². The van der Waals surface area contributed by atoms with Crippen LogP contribution in [-0.2, 0) is 11.2 Å². The number of carbonyl (C=O) groups excluding carboxylic acids is 2. The molecule has 4 heterocycles. The maximum Gasteiger partial charge on any atom is 0.259 e. The van der Waals surface area contributed by atoms with E-state index in [1.165, 1.54) is 16.2 Å². The molecule has 0 unspecified atom stereocenters. The molecule has 0 bridgehead atoms. The van der Waals surface area contributed by atoms with Gasteiger partial charge in [0.15, 0.2) is 0 Å². The molecule has 156 valence electrons. The summed E-state index contributed by atoms with van der Waals surface area (Å²) in [4.78, 5) is 32.5. The van der Waals surface area contributed by atoms with Gasteiger partial charge in [0.2, 0.25) is 11.0 Å². The number of piperidine rings is 1. The lowest BCUT2D eigenvalue weighted by atomic mass is 9.96. The van der Waals surface area contributed by atoms with Crippen LogP contribution in [0.5, 0.6) is 0 Å². The van der Waals surface area contributed by atoms with Crippen molar-refractivity contribution < 1.29 is 9.59 Å². The Morgan fingerprint density at radius 3 is 2.70 bits per heavy atom. The second-order valence-corrected chi connectivity index (χ2v) is 8.85. The van der Waals surface area contributed by atoms with Crippen molar-refractivity contribution in [1.29, 1.82) is 0 Å². The number of pyridine rings is 1. The molecule has 8 nitrogen and oxygen atoms in total. The van der Waals surface area contributed by atoms with E-state index in [4.69, 9.17) is 0 Å². The second kappa shape index (κ2) is 9.77. The molecule has 10 heteroatoms. The lowest BCUT2D eigenvalue weighted by molar-refractivity contribution is -0.125. The lowest BCUT2D eigenvalue weighted by Crippen LogP contribution is -2.41. The molecule has 1 fully saturated rings. The smallest absolute Gasteiger partial charge is 0.259 e. The molecule has 4 rings (SSSR count). The van der Waals surface area contributed by atoms with Gasteiger partial charge in [-0.3, -0.25) is 14.9 Å². The fraction of sp³-hybridized carbons (Fsp3) is 0.350. The zero-order valence-electron chi connectivity index (χ0n) is 16.3. The number of amides is 2.